The highest BCUT2D eigenvalue weighted by Gasteiger charge is 2.47. The third kappa shape index (κ3) is 3.97. The zero-order valence-electron chi connectivity index (χ0n) is 17.9. The second kappa shape index (κ2) is 8.27. The topological polar surface area (TPSA) is 99.4 Å². The summed E-state index contributed by atoms with van der Waals surface area (Å²) in [5, 5.41) is 0. The summed E-state index contributed by atoms with van der Waals surface area (Å²) in [7, 11) is 1.60. The van der Waals surface area contributed by atoms with Gasteiger partial charge in [-0.05, 0) is 31.9 Å². The highest BCUT2D eigenvalue weighted by Crippen LogP contribution is 2.43. The van der Waals surface area contributed by atoms with Crippen molar-refractivity contribution in [1.29, 1.82) is 0 Å². The van der Waals surface area contributed by atoms with E-state index < -0.39 is 17.4 Å². The number of hydrogen-bond donors (Lipinski definition) is 2. The fourth-order valence-electron chi connectivity index (χ4n) is 4.54. The lowest BCUT2D eigenvalue weighted by molar-refractivity contribution is -0.143. The second-order valence-electron chi connectivity index (χ2n) is 8.49. The number of nitrogens with two attached hydrogens (primary N) is 2. The minimum absolute atomic E-state index is 0.0203. The highest BCUT2D eigenvalue weighted by atomic mass is 32.2. The van der Waals surface area contributed by atoms with Crippen LogP contribution in [-0.2, 0) is 18.0 Å². The minimum atomic E-state index is -4.63. The van der Waals surface area contributed by atoms with E-state index in [0.29, 0.717) is 37.3 Å². The average molecular weight is 470 g/mol. The number of alkyl halides is 3. The molecule has 4 rings (SSSR count). The smallest absolute Gasteiger partial charge is 0.398 e. The molecule has 4 heterocycles. The highest BCUT2D eigenvalue weighted by molar-refractivity contribution is 7.99. The molecule has 0 radical (unpaired) electrons. The van der Waals surface area contributed by atoms with Crippen LogP contribution in [-0.4, -0.2) is 41.4 Å². The first kappa shape index (κ1) is 22.9. The first-order valence-corrected chi connectivity index (χ1v) is 11.2. The first-order valence-electron chi connectivity index (χ1n) is 10.4. The SMILES string of the molecule is C[C@@H]1OCC2(CCN(c3cc(N)c(Sc4cccnc4C(F)(F)F)c(=O)n3C)CC2)[C@@H]1N. The summed E-state index contributed by atoms with van der Waals surface area (Å²) in [5.74, 6) is 0.634. The predicted octanol–water partition coefficient (Wildman–Crippen LogP) is 2.87. The molecule has 0 saturated carbocycles. The van der Waals surface area contributed by atoms with Crippen molar-refractivity contribution in [3.63, 3.8) is 0 Å². The minimum Gasteiger partial charge on any atom is -0.398 e. The molecule has 2 fully saturated rings. The fraction of sp³-hybridized carbons (Fsp3) is 0.524. The van der Waals surface area contributed by atoms with E-state index in [2.05, 4.69) is 9.88 Å². The lowest BCUT2D eigenvalue weighted by Crippen LogP contribution is -2.51. The number of pyridine rings is 2. The predicted molar refractivity (Wildman–Crippen MR) is 117 cm³/mol. The van der Waals surface area contributed by atoms with Crippen molar-refractivity contribution in [2.75, 3.05) is 30.3 Å². The van der Waals surface area contributed by atoms with Crippen molar-refractivity contribution in [3.05, 3.63) is 40.4 Å². The maximum atomic E-state index is 13.3. The molecular weight excluding hydrogens is 443 g/mol. The molecule has 11 heteroatoms. The summed E-state index contributed by atoms with van der Waals surface area (Å²) in [6.07, 6.45) is -1.88. The molecule has 2 saturated heterocycles. The number of hydrogen-bond acceptors (Lipinski definition) is 7. The summed E-state index contributed by atoms with van der Waals surface area (Å²) in [4.78, 5) is 18.4. The molecule has 2 atom stereocenters. The van der Waals surface area contributed by atoms with Gasteiger partial charge < -0.3 is 21.1 Å². The van der Waals surface area contributed by atoms with Gasteiger partial charge in [0.05, 0.1) is 18.4 Å². The van der Waals surface area contributed by atoms with Crippen LogP contribution in [0, 0.1) is 5.41 Å². The molecule has 0 aromatic carbocycles. The number of anilines is 2. The molecule has 0 unspecified atom stereocenters. The van der Waals surface area contributed by atoms with Crippen LogP contribution >= 0.6 is 11.8 Å². The molecule has 0 bridgehead atoms. The van der Waals surface area contributed by atoms with Crippen LogP contribution < -0.4 is 21.9 Å². The maximum Gasteiger partial charge on any atom is 0.434 e. The number of ether oxygens (including phenoxy) is 1. The third-order valence-electron chi connectivity index (χ3n) is 6.57. The van der Waals surface area contributed by atoms with Gasteiger partial charge in [0.25, 0.3) is 5.56 Å². The van der Waals surface area contributed by atoms with E-state index in [1.807, 2.05) is 6.92 Å². The molecule has 7 nitrogen and oxygen atoms in total. The van der Waals surface area contributed by atoms with Gasteiger partial charge in [0.2, 0.25) is 0 Å². The van der Waals surface area contributed by atoms with Gasteiger partial charge in [-0.15, -0.1) is 0 Å². The van der Waals surface area contributed by atoms with Gasteiger partial charge in [0, 0.05) is 48.8 Å². The van der Waals surface area contributed by atoms with Crippen molar-refractivity contribution in [1.82, 2.24) is 9.55 Å². The summed E-state index contributed by atoms with van der Waals surface area (Å²) < 4.78 is 47.1. The van der Waals surface area contributed by atoms with Crippen LogP contribution in [0.15, 0.2) is 39.0 Å². The van der Waals surface area contributed by atoms with Gasteiger partial charge in [-0.2, -0.15) is 13.2 Å². The zero-order valence-corrected chi connectivity index (χ0v) is 18.7. The largest absolute Gasteiger partial charge is 0.434 e. The van der Waals surface area contributed by atoms with E-state index in [4.69, 9.17) is 16.2 Å². The Morgan fingerprint density at radius 1 is 1.31 bits per heavy atom. The van der Waals surface area contributed by atoms with Crippen molar-refractivity contribution >= 4 is 23.3 Å². The zero-order chi connectivity index (χ0) is 23.3. The number of halogens is 3. The van der Waals surface area contributed by atoms with E-state index in [1.165, 1.54) is 16.7 Å². The molecule has 32 heavy (non-hydrogen) atoms. The Morgan fingerprint density at radius 2 is 2.00 bits per heavy atom. The molecule has 2 aliphatic rings. The Morgan fingerprint density at radius 3 is 2.59 bits per heavy atom. The summed E-state index contributed by atoms with van der Waals surface area (Å²) in [6.45, 7) is 3.99. The van der Waals surface area contributed by atoms with Crippen LogP contribution in [0.25, 0.3) is 0 Å². The van der Waals surface area contributed by atoms with Gasteiger partial charge in [0.1, 0.15) is 10.7 Å². The van der Waals surface area contributed by atoms with Crippen LogP contribution in [0.2, 0.25) is 0 Å². The number of nitrogen functional groups attached to an aromatic ring is 1. The van der Waals surface area contributed by atoms with Gasteiger partial charge in [-0.3, -0.25) is 14.3 Å². The molecule has 2 aromatic rings. The molecule has 0 amide bonds. The quantitative estimate of drug-likeness (QED) is 0.713. The van der Waals surface area contributed by atoms with Crippen molar-refractivity contribution in [2.24, 2.45) is 18.2 Å². The molecular formula is C21H26F3N5O2S. The fourth-order valence-corrected chi connectivity index (χ4v) is 5.57. The van der Waals surface area contributed by atoms with Gasteiger partial charge in [-0.25, -0.2) is 0 Å². The van der Waals surface area contributed by atoms with E-state index >= 15 is 0 Å². The van der Waals surface area contributed by atoms with E-state index in [9.17, 15) is 18.0 Å². The normalized spacial score (nSPS) is 23.1. The van der Waals surface area contributed by atoms with Crippen LogP contribution in [0.1, 0.15) is 25.5 Å². The number of nitrogens with zero attached hydrogens (tertiary/aromatic N) is 3. The molecule has 2 aromatic heterocycles. The number of aromatic nitrogens is 2. The monoisotopic (exact) mass is 469 g/mol. The molecule has 174 valence electrons. The van der Waals surface area contributed by atoms with Crippen LogP contribution in [0.3, 0.4) is 0 Å². The van der Waals surface area contributed by atoms with Crippen molar-refractivity contribution < 1.29 is 17.9 Å². The third-order valence-corrected chi connectivity index (χ3v) is 7.73. The standard InChI is InChI=1S/C21H26F3N5O2S/c1-12-17(26)20(11-31-12)5-8-29(9-6-20)15-10-13(25)16(19(30)28(15)2)32-14-4-3-7-27-18(14)21(22,23)24/h3-4,7,10,12,17H,5-6,8-9,11,25-26H2,1-2H3/t12-,17+/m0/s1. The number of piperidine rings is 1. The van der Waals surface area contributed by atoms with Gasteiger partial charge in [-0.1, -0.05) is 11.8 Å². The number of rotatable bonds is 3. The Balaban J connectivity index is 1.59. The Hall–Kier alpha value is -2.24. The summed E-state index contributed by atoms with van der Waals surface area (Å²) in [5.41, 5.74) is 11.1. The summed E-state index contributed by atoms with van der Waals surface area (Å²) in [6, 6.07) is 4.30. The Labute approximate surface area is 187 Å². The summed E-state index contributed by atoms with van der Waals surface area (Å²) >= 11 is 0.687. The van der Waals surface area contributed by atoms with Crippen molar-refractivity contribution in [2.45, 2.75) is 47.9 Å². The van der Waals surface area contributed by atoms with Crippen molar-refractivity contribution in [3.8, 4) is 0 Å². The first-order chi connectivity index (χ1) is 15.0. The van der Waals surface area contributed by atoms with Gasteiger partial charge in [0.15, 0.2) is 5.69 Å². The lowest BCUT2D eigenvalue weighted by Gasteiger charge is -2.42. The average Bonchev–Trinajstić information content (AvgIpc) is 3.02. The molecule has 1 spiro atoms. The van der Waals surface area contributed by atoms with E-state index in [1.54, 1.807) is 13.1 Å². The van der Waals surface area contributed by atoms with E-state index in [-0.39, 0.29) is 33.0 Å². The Bertz CT molecular complexity index is 1070. The van der Waals surface area contributed by atoms with Crippen LogP contribution in [0.5, 0.6) is 0 Å². The van der Waals surface area contributed by atoms with Crippen LogP contribution in [0.4, 0.5) is 24.7 Å². The lowest BCUT2D eigenvalue weighted by atomic mass is 9.73. The van der Waals surface area contributed by atoms with Gasteiger partial charge >= 0.3 is 6.18 Å². The maximum absolute atomic E-state index is 13.3. The molecule has 0 aliphatic carbocycles. The second-order valence-corrected chi connectivity index (χ2v) is 9.54. The Kier molecular flexibility index (Phi) is 5.93. The molecule has 2 aliphatic heterocycles. The van der Waals surface area contributed by atoms with E-state index in [0.717, 1.165) is 19.0 Å². The molecule has 4 N–H and O–H groups in total.